The molecule has 6 nitrogen and oxygen atoms in total. The molecule has 0 fully saturated rings. The predicted molar refractivity (Wildman–Crippen MR) is 105 cm³/mol. The zero-order valence-corrected chi connectivity index (χ0v) is 17.0. The standard InChI is InChI=1S/C20H27O6P/c1-5-15(3)23-17-11-7-9-13-19(17)25-27(21,22)26-20-14-10-8-12-18(20)24-16(4)6-2/h7-16H,5-6H2,1-4H3,(H,21,22). The van der Waals surface area contributed by atoms with E-state index in [0.717, 1.165) is 12.8 Å². The van der Waals surface area contributed by atoms with Crippen LogP contribution in [0.2, 0.25) is 0 Å². The molecule has 0 saturated carbocycles. The molecule has 27 heavy (non-hydrogen) atoms. The van der Waals surface area contributed by atoms with Gasteiger partial charge in [0.15, 0.2) is 23.0 Å². The summed E-state index contributed by atoms with van der Waals surface area (Å²) in [6.45, 7) is 7.80. The van der Waals surface area contributed by atoms with E-state index in [-0.39, 0.29) is 23.7 Å². The number of benzene rings is 2. The van der Waals surface area contributed by atoms with E-state index in [2.05, 4.69) is 0 Å². The number of rotatable bonds is 10. The summed E-state index contributed by atoms with van der Waals surface area (Å²) in [5.41, 5.74) is 0. The maximum atomic E-state index is 12.6. The third-order valence-corrected chi connectivity index (χ3v) is 4.79. The first-order valence-electron chi connectivity index (χ1n) is 9.08. The van der Waals surface area contributed by atoms with Crippen LogP contribution < -0.4 is 18.5 Å². The van der Waals surface area contributed by atoms with Crippen molar-refractivity contribution in [3.63, 3.8) is 0 Å². The molecule has 0 aliphatic carbocycles. The minimum atomic E-state index is -4.45. The Hall–Kier alpha value is -2.17. The predicted octanol–water partition coefficient (Wildman–Crippen LogP) is 5.60. The van der Waals surface area contributed by atoms with Crippen molar-refractivity contribution in [3.05, 3.63) is 48.5 Å². The van der Waals surface area contributed by atoms with Crippen molar-refractivity contribution in [2.24, 2.45) is 0 Å². The third-order valence-electron chi connectivity index (χ3n) is 3.93. The summed E-state index contributed by atoms with van der Waals surface area (Å²) in [7, 11) is -4.45. The van der Waals surface area contributed by atoms with Crippen LogP contribution in [0.5, 0.6) is 23.0 Å². The van der Waals surface area contributed by atoms with Crippen LogP contribution in [0.25, 0.3) is 0 Å². The van der Waals surface area contributed by atoms with Crippen LogP contribution in [0.15, 0.2) is 48.5 Å². The van der Waals surface area contributed by atoms with E-state index in [1.54, 1.807) is 48.5 Å². The summed E-state index contributed by atoms with van der Waals surface area (Å²) >= 11 is 0. The van der Waals surface area contributed by atoms with Gasteiger partial charge in [-0.15, -0.1) is 0 Å². The molecular formula is C20H27O6P. The van der Waals surface area contributed by atoms with Crippen LogP contribution in [-0.4, -0.2) is 17.1 Å². The molecule has 2 rings (SSSR count). The fourth-order valence-corrected chi connectivity index (χ4v) is 2.95. The van der Waals surface area contributed by atoms with Crippen LogP contribution in [0.3, 0.4) is 0 Å². The lowest BCUT2D eigenvalue weighted by Gasteiger charge is -2.20. The second-order valence-corrected chi connectivity index (χ2v) is 7.52. The van der Waals surface area contributed by atoms with Gasteiger partial charge in [-0.05, 0) is 51.0 Å². The average Bonchev–Trinajstić information content (AvgIpc) is 2.64. The van der Waals surface area contributed by atoms with Crippen molar-refractivity contribution in [1.82, 2.24) is 0 Å². The topological polar surface area (TPSA) is 74.2 Å². The van der Waals surface area contributed by atoms with Gasteiger partial charge in [-0.25, -0.2) is 4.57 Å². The molecule has 1 N–H and O–H groups in total. The first-order chi connectivity index (χ1) is 12.8. The minimum Gasteiger partial charge on any atom is -0.487 e. The van der Waals surface area contributed by atoms with Crippen molar-refractivity contribution < 1.29 is 28.0 Å². The fourth-order valence-electron chi connectivity index (χ4n) is 2.11. The number of phosphoric acid groups is 1. The summed E-state index contributed by atoms with van der Waals surface area (Å²) < 4.78 is 34.6. The van der Waals surface area contributed by atoms with Crippen molar-refractivity contribution in [1.29, 1.82) is 0 Å². The molecule has 0 amide bonds. The van der Waals surface area contributed by atoms with Gasteiger partial charge in [-0.3, -0.25) is 4.89 Å². The summed E-state index contributed by atoms with van der Waals surface area (Å²) in [5, 5.41) is 0. The zero-order chi connectivity index (χ0) is 19.9. The second kappa shape index (κ2) is 9.67. The molecule has 0 saturated heterocycles. The Bertz CT molecular complexity index is 717. The summed E-state index contributed by atoms with van der Waals surface area (Å²) in [6, 6.07) is 13.4. The Morgan fingerprint density at radius 1 is 0.778 bits per heavy atom. The lowest BCUT2D eigenvalue weighted by Crippen LogP contribution is -2.12. The number of hydrogen-bond donors (Lipinski definition) is 1. The monoisotopic (exact) mass is 394 g/mol. The molecule has 0 aromatic heterocycles. The highest BCUT2D eigenvalue weighted by Gasteiger charge is 2.28. The highest BCUT2D eigenvalue weighted by Crippen LogP contribution is 2.49. The van der Waals surface area contributed by atoms with Crippen LogP contribution in [0.1, 0.15) is 40.5 Å². The average molecular weight is 394 g/mol. The first-order valence-corrected chi connectivity index (χ1v) is 10.6. The zero-order valence-electron chi connectivity index (χ0n) is 16.1. The number of phosphoric ester groups is 1. The Morgan fingerprint density at radius 2 is 1.11 bits per heavy atom. The van der Waals surface area contributed by atoms with Gasteiger partial charge in [0.25, 0.3) is 0 Å². The Labute approximate surface area is 160 Å². The van der Waals surface area contributed by atoms with E-state index in [0.29, 0.717) is 11.5 Å². The Kier molecular flexibility index (Phi) is 7.57. The largest absolute Gasteiger partial charge is 0.585 e. The first kappa shape index (κ1) is 21.1. The van der Waals surface area contributed by atoms with Gasteiger partial charge in [0.1, 0.15) is 0 Å². The van der Waals surface area contributed by atoms with Gasteiger partial charge in [0, 0.05) is 0 Å². The van der Waals surface area contributed by atoms with Gasteiger partial charge >= 0.3 is 7.82 Å². The van der Waals surface area contributed by atoms with Gasteiger partial charge in [0.05, 0.1) is 12.2 Å². The molecule has 0 aliphatic heterocycles. The van der Waals surface area contributed by atoms with E-state index >= 15 is 0 Å². The van der Waals surface area contributed by atoms with Crippen molar-refractivity contribution in [3.8, 4) is 23.0 Å². The minimum absolute atomic E-state index is 0.0570. The Balaban J connectivity index is 2.18. The lowest BCUT2D eigenvalue weighted by atomic mass is 10.3. The van der Waals surface area contributed by atoms with Crippen LogP contribution in [-0.2, 0) is 4.57 Å². The SMILES string of the molecule is CCC(C)Oc1ccccc1OP(=O)(O)Oc1ccccc1OC(C)CC. The molecule has 148 valence electrons. The fraction of sp³-hybridized carbons (Fsp3) is 0.400. The maximum Gasteiger partial charge on any atom is 0.585 e. The highest BCUT2D eigenvalue weighted by molar-refractivity contribution is 7.48. The van der Waals surface area contributed by atoms with E-state index in [9.17, 15) is 9.46 Å². The molecule has 2 unspecified atom stereocenters. The van der Waals surface area contributed by atoms with Gasteiger partial charge in [-0.2, -0.15) is 0 Å². The van der Waals surface area contributed by atoms with E-state index < -0.39 is 7.82 Å². The molecule has 0 bridgehead atoms. The molecular weight excluding hydrogens is 367 g/mol. The lowest BCUT2D eigenvalue weighted by molar-refractivity contribution is 0.202. The molecule has 2 aromatic rings. The van der Waals surface area contributed by atoms with Gasteiger partial charge in [0.2, 0.25) is 0 Å². The molecule has 7 heteroatoms. The van der Waals surface area contributed by atoms with Crippen LogP contribution in [0, 0.1) is 0 Å². The molecule has 2 atom stereocenters. The quantitative estimate of drug-likeness (QED) is 0.529. The number of ether oxygens (including phenoxy) is 2. The molecule has 0 aliphatic rings. The smallest absolute Gasteiger partial charge is 0.487 e. The normalized spacial score (nSPS) is 15.3. The van der Waals surface area contributed by atoms with Crippen molar-refractivity contribution in [2.45, 2.75) is 52.7 Å². The highest BCUT2D eigenvalue weighted by atomic mass is 31.2. The van der Waals surface area contributed by atoms with E-state index in [4.69, 9.17) is 18.5 Å². The van der Waals surface area contributed by atoms with Gasteiger partial charge < -0.3 is 18.5 Å². The summed E-state index contributed by atoms with van der Waals surface area (Å²) in [5.74, 6) is 1.05. The summed E-state index contributed by atoms with van der Waals surface area (Å²) in [6.07, 6.45) is 1.47. The van der Waals surface area contributed by atoms with Gasteiger partial charge in [-0.1, -0.05) is 38.1 Å². The number of para-hydroxylation sites is 4. The van der Waals surface area contributed by atoms with E-state index in [1.165, 1.54) is 0 Å². The molecule has 0 heterocycles. The van der Waals surface area contributed by atoms with Crippen LogP contribution in [0.4, 0.5) is 0 Å². The van der Waals surface area contributed by atoms with Crippen molar-refractivity contribution >= 4 is 7.82 Å². The number of hydrogen-bond acceptors (Lipinski definition) is 5. The molecule has 2 aromatic carbocycles. The molecule has 0 spiro atoms. The second-order valence-electron chi connectivity index (χ2n) is 6.22. The van der Waals surface area contributed by atoms with E-state index in [1.807, 2.05) is 27.7 Å². The summed E-state index contributed by atoms with van der Waals surface area (Å²) in [4.78, 5) is 10.3. The third kappa shape index (κ3) is 6.49. The van der Waals surface area contributed by atoms with Crippen LogP contribution >= 0.6 is 7.82 Å². The maximum absolute atomic E-state index is 12.6. The Morgan fingerprint density at radius 3 is 1.44 bits per heavy atom. The molecule has 0 radical (unpaired) electrons. The van der Waals surface area contributed by atoms with Crippen molar-refractivity contribution in [2.75, 3.05) is 0 Å².